The van der Waals surface area contributed by atoms with Gasteiger partial charge in [-0.25, -0.2) is 0 Å². The molecule has 0 saturated carbocycles. The van der Waals surface area contributed by atoms with Crippen LogP contribution in [0.3, 0.4) is 0 Å². The second-order valence-electron chi connectivity index (χ2n) is 4.70. The van der Waals surface area contributed by atoms with E-state index in [1.807, 2.05) is 0 Å². The maximum atomic E-state index is 5.25. The van der Waals surface area contributed by atoms with Crippen molar-refractivity contribution in [3.8, 4) is 0 Å². The third kappa shape index (κ3) is 1.38. The predicted molar refractivity (Wildman–Crippen MR) is 49.1 cm³/mol. The van der Waals surface area contributed by atoms with E-state index in [9.17, 15) is 0 Å². The molecule has 0 aromatic heterocycles. The molecule has 2 heterocycles. The van der Waals surface area contributed by atoms with Crippen molar-refractivity contribution in [2.75, 3.05) is 19.8 Å². The molecule has 1 spiro atoms. The van der Waals surface area contributed by atoms with Crippen molar-refractivity contribution in [3.63, 3.8) is 0 Å². The van der Waals surface area contributed by atoms with Crippen LogP contribution in [0.2, 0.25) is 0 Å². The Kier molecular flexibility index (Phi) is 2.13. The number of hydrogen-bond donors (Lipinski definition) is 1. The molecule has 2 heteroatoms. The highest BCUT2D eigenvalue weighted by Crippen LogP contribution is 2.31. The minimum absolute atomic E-state index is 0.394. The smallest absolute Gasteiger partial charge is 0.0671 e. The first-order valence-corrected chi connectivity index (χ1v) is 5.05. The van der Waals surface area contributed by atoms with Gasteiger partial charge in [0, 0.05) is 0 Å². The van der Waals surface area contributed by atoms with Crippen molar-refractivity contribution in [3.05, 3.63) is 0 Å². The molecule has 0 bridgehead atoms. The minimum atomic E-state index is 0.394. The van der Waals surface area contributed by atoms with Crippen molar-refractivity contribution in [1.29, 1.82) is 0 Å². The molecule has 2 fully saturated rings. The Bertz CT molecular complexity index is 153. The average Bonchev–Trinajstić information content (AvgIpc) is 2.02. The molecule has 0 aromatic carbocycles. The van der Waals surface area contributed by atoms with Crippen LogP contribution in [0.25, 0.3) is 0 Å². The molecule has 0 radical (unpaired) electrons. The third-order valence-corrected chi connectivity index (χ3v) is 3.43. The van der Waals surface area contributed by atoms with E-state index in [0.717, 1.165) is 25.0 Å². The molecule has 0 amide bonds. The summed E-state index contributed by atoms with van der Waals surface area (Å²) < 4.78 is 5.25. The van der Waals surface area contributed by atoms with Crippen molar-refractivity contribution in [2.45, 2.75) is 32.2 Å². The lowest BCUT2D eigenvalue weighted by Gasteiger charge is -2.47. The van der Waals surface area contributed by atoms with E-state index in [-0.39, 0.29) is 0 Å². The van der Waals surface area contributed by atoms with Crippen LogP contribution in [0, 0.1) is 11.8 Å². The summed E-state index contributed by atoms with van der Waals surface area (Å²) in [6, 6.07) is 0. The normalized spacial score (nSPS) is 33.8. The first kappa shape index (κ1) is 8.52. The van der Waals surface area contributed by atoms with Crippen molar-refractivity contribution < 1.29 is 4.74 Å². The maximum absolute atomic E-state index is 5.25. The highest BCUT2D eigenvalue weighted by Gasteiger charge is 2.41. The van der Waals surface area contributed by atoms with Crippen LogP contribution in [-0.2, 0) is 4.74 Å². The SMILES string of the molecule is CC(C)C1CCC2(COC2)NC1. The van der Waals surface area contributed by atoms with Gasteiger partial charge in [-0.05, 0) is 31.2 Å². The second kappa shape index (κ2) is 3.00. The van der Waals surface area contributed by atoms with Crippen LogP contribution in [0.1, 0.15) is 26.7 Å². The molecule has 1 unspecified atom stereocenters. The monoisotopic (exact) mass is 169 g/mol. The lowest BCUT2D eigenvalue weighted by Crippen LogP contribution is -2.63. The van der Waals surface area contributed by atoms with Gasteiger partial charge in [0.05, 0.1) is 18.8 Å². The molecule has 1 atom stereocenters. The standard InChI is InChI=1S/C10H19NO/c1-8(2)9-3-4-10(11-5-9)6-12-7-10/h8-9,11H,3-7H2,1-2H3. The summed E-state index contributed by atoms with van der Waals surface area (Å²) in [5.74, 6) is 1.71. The number of hydrogen-bond acceptors (Lipinski definition) is 2. The third-order valence-electron chi connectivity index (χ3n) is 3.43. The largest absolute Gasteiger partial charge is 0.377 e. The zero-order valence-electron chi connectivity index (χ0n) is 8.10. The average molecular weight is 169 g/mol. The van der Waals surface area contributed by atoms with Gasteiger partial charge >= 0.3 is 0 Å². The van der Waals surface area contributed by atoms with Gasteiger partial charge in [-0.15, -0.1) is 0 Å². The highest BCUT2D eigenvalue weighted by molar-refractivity contribution is 4.98. The summed E-state index contributed by atoms with van der Waals surface area (Å²) in [6.45, 7) is 7.72. The van der Waals surface area contributed by atoms with Crippen LogP contribution < -0.4 is 5.32 Å². The molecule has 70 valence electrons. The van der Waals surface area contributed by atoms with Gasteiger partial charge in [0.2, 0.25) is 0 Å². The summed E-state index contributed by atoms with van der Waals surface area (Å²) in [7, 11) is 0. The zero-order valence-corrected chi connectivity index (χ0v) is 8.10. The first-order valence-electron chi connectivity index (χ1n) is 5.05. The Morgan fingerprint density at radius 3 is 2.50 bits per heavy atom. The van der Waals surface area contributed by atoms with E-state index in [0.29, 0.717) is 5.54 Å². The molecule has 2 aliphatic rings. The molecule has 2 saturated heterocycles. The van der Waals surface area contributed by atoms with Crippen LogP contribution in [0.5, 0.6) is 0 Å². The molecule has 2 aliphatic heterocycles. The first-order chi connectivity index (χ1) is 5.72. The number of rotatable bonds is 1. The van der Waals surface area contributed by atoms with Gasteiger partial charge in [-0.3, -0.25) is 0 Å². The fraction of sp³-hybridized carbons (Fsp3) is 1.00. The van der Waals surface area contributed by atoms with Crippen LogP contribution >= 0.6 is 0 Å². The highest BCUT2D eigenvalue weighted by atomic mass is 16.5. The summed E-state index contributed by atoms with van der Waals surface area (Å²) >= 11 is 0. The van der Waals surface area contributed by atoms with E-state index >= 15 is 0 Å². The predicted octanol–water partition coefficient (Wildman–Crippen LogP) is 1.41. The lowest BCUT2D eigenvalue weighted by molar-refractivity contribution is -0.0936. The molecule has 0 aromatic rings. The quantitative estimate of drug-likeness (QED) is 0.641. The van der Waals surface area contributed by atoms with E-state index in [2.05, 4.69) is 19.2 Å². The molecule has 2 rings (SSSR count). The Hall–Kier alpha value is -0.0800. The molecule has 12 heavy (non-hydrogen) atoms. The van der Waals surface area contributed by atoms with E-state index in [1.165, 1.54) is 19.4 Å². The van der Waals surface area contributed by atoms with Gasteiger partial charge in [0.25, 0.3) is 0 Å². The van der Waals surface area contributed by atoms with Gasteiger partial charge in [0.15, 0.2) is 0 Å². The Morgan fingerprint density at radius 1 is 1.42 bits per heavy atom. The van der Waals surface area contributed by atoms with Gasteiger partial charge in [-0.1, -0.05) is 13.8 Å². The van der Waals surface area contributed by atoms with Gasteiger partial charge in [-0.2, -0.15) is 0 Å². The van der Waals surface area contributed by atoms with E-state index < -0.39 is 0 Å². The molecular weight excluding hydrogens is 150 g/mol. The molecule has 0 aliphatic carbocycles. The summed E-state index contributed by atoms with van der Waals surface area (Å²) in [5.41, 5.74) is 0.394. The summed E-state index contributed by atoms with van der Waals surface area (Å²) in [5, 5.41) is 3.64. The molecule has 2 nitrogen and oxygen atoms in total. The number of ether oxygens (including phenoxy) is 1. The van der Waals surface area contributed by atoms with Gasteiger partial charge < -0.3 is 10.1 Å². The molecular formula is C10H19NO. The van der Waals surface area contributed by atoms with Crippen LogP contribution in [0.15, 0.2) is 0 Å². The Labute approximate surface area is 74.7 Å². The topological polar surface area (TPSA) is 21.3 Å². The summed E-state index contributed by atoms with van der Waals surface area (Å²) in [6.07, 6.45) is 2.70. The Balaban J connectivity index is 1.84. The van der Waals surface area contributed by atoms with Crippen LogP contribution in [-0.4, -0.2) is 25.3 Å². The molecule has 1 N–H and O–H groups in total. The van der Waals surface area contributed by atoms with E-state index in [4.69, 9.17) is 4.74 Å². The van der Waals surface area contributed by atoms with Crippen LogP contribution in [0.4, 0.5) is 0 Å². The fourth-order valence-corrected chi connectivity index (χ4v) is 2.16. The maximum Gasteiger partial charge on any atom is 0.0671 e. The number of piperidine rings is 1. The zero-order chi connectivity index (χ0) is 8.60. The van der Waals surface area contributed by atoms with Crippen molar-refractivity contribution in [1.82, 2.24) is 5.32 Å². The van der Waals surface area contributed by atoms with Crippen molar-refractivity contribution in [2.24, 2.45) is 11.8 Å². The van der Waals surface area contributed by atoms with E-state index in [1.54, 1.807) is 0 Å². The number of nitrogens with one attached hydrogen (secondary N) is 1. The van der Waals surface area contributed by atoms with Crippen molar-refractivity contribution >= 4 is 0 Å². The Morgan fingerprint density at radius 2 is 2.17 bits per heavy atom. The fourth-order valence-electron chi connectivity index (χ4n) is 2.16. The lowest BCUT2D eigenvalue weighted by atomic mass is 9.79. The minimum Gasteiger partial charge on any atom is -0.377 e. The van der Waals surface area contributed by atoms with Gasteiger partial charge in [0.1, 0.15) is 0 Å². The second-order valence-corrected chi connectivity index (χ2v) is 4.70. The summed E-state index contributed by atoms with van der Waals surface area (Å²) in [4.78, 5) is 0.